The standard InChI is InChI=1S/C45H78O9SSi2/c1-31-25-35(22-23-39-32(2)26-34(51-39)19-18-24-46)52-40(33(31)3)28-41-38(30-55(47,48)37-20-16-15-17-21-37)43(49-10)42(53-41)27-36(54-57(13,14)45(7,8)9)29-50-56(11,12)44(4,5)6/h15-17,20-21,31,34-36,38-43,46H,2-3,18-19,22-30H2,1,4-14H3/t31-,34+,35+,36?,38?,39+,40?,41+,42?,43-/m1/s1. The highest BCUT2D eigenvalue weighted by Gasteiger charge is 2.50. The van der Waals surface area contributed by atoms with Crippen LogP contribution in [0.4, 0.5) is 0 Å². The molecule has 12 heteroatoms. The number of sulfone groups is 1. The highest BCUT2D eigenvalue weighted by molar-refractivity contribution is 7.91. The van der Waals surface area contributed by atoms with Gasteiger partial charge in [0.05, 0.1) is 66.1 Å². The lowest BCUT2D eigenvalue weighted by Gasteiger charge is -2.42. The zero-order valence-electron chi connectivity index (χ0n) is 37.5. The first kappa shape index (κ1) is 48.5. The summed E-state index contributed by atoms with van der Waals surface area (Å²) >= 11 is 0. The SMILES string of the molecule is C=C1C(C[C@@H]2OC(CC(CO[Si](C)(C)C(C)(C)C)O[Si](C)(C)C(C)(C)C)[C@H](OC)C2CS(=O)(=O)c2ccccc2)O[C@@H](CC[C@@H]2O[C@@H](CCCO)CC2=C)C[C@H]1C. The Morgan fingerprint density at radius 3 is 2.11 bits per heavy atom. The summed E-state index contributed by atoms with van der Waals surface area (Å²) in [7, 11) is -6.35. The minimum absolute atomic E-state index is 0.000157. The maximum atomic E-state index is 14.1. The fourth-order valence-electron chi connectivity index (χ4n) is 8.08. The van der Waals surface area contributed by atoms with E-state index in [1.54, 1.807) is 31.4 Å². The van der Waals surface area contributed by atoms with Gasteiger partial charge < -0.3 is 32.9 Å². The third-order valence-electron chi connectivity index (χ3n) is 13.8. The van der Waals surface area contributed by atoms with Gasteiger partial charge in [0, 0.05) is 32.5 Å². The number of hydrogen-bond donors (Lipinski definition) is 1. The predicted molar refractivity (Wildman–Crippen MR) is 235 cm³/mol. The van der Waals surface area contributed by atoms with Crippen LogP contribution in [0.1, 0.15) is 99.8 Å². The van der Waals surface area contributed by atoms with Gasteiger partial charge in [-0.25, -0.2) is 8.42 Å². The summed E-state index contributed by atoms with van der Waals surface area (Å²) in [6, 6.07) is 8.68. The van der Waals surface area contributed by atoms with E-state index >= 15 is 0 Å². The number of aliphatic hydroxyl groups excluding tert-OH is 1. The Bertz CT molecular complexity index is 1570. The van der Waals surface area contributed by atoms with Gasteiger partial charge in [0.2, 0.25) is 0 Å². The summed E-state index contributed by atoms with van der Waals surface area (Å²) < 4.78 is 68.6. The Labute approximate surface area is 348 Å². The topological polar surface area (TPSA) is 110 Å². The van der Waals surface area contributed by atoms with Crippen LogP contribution in [0.5, 0.6) is 0 Å². The quantitative estimate of drug-likeness (QED) is 0.108. The van der Waals surface area contributed by atoms with Gasteiger partial charge in [0.25, 0.3) is 0 Å². The molecule has 3 heterocycles. The second-order valence-electron chi connectivity index (χ2n) is 20.2. The lowest BCUT2D eigenvalue weighted by Crippen LogP contribution is -2.49. The second-order valence-corrected chi connectivity index (χ2v) is 31.8. The van der Waals surface area contributed by atoms with Gasteiger partial charge in [-0.2, -0.15) is 0 Å². The molecule has 3 saturated heterocycles. The van der Waals surface area contributed by atoms with Crippen molar-refractivity contribution in [3.63, 3.8) is 0 Å². The average Bonchev–Trinajstić information content (AvgIpc) is 3.63. The molecule has 3 aliphatic rings. The zero-order chi connectivity index (χ0) is 42.6. The molecule has 0 radical (unpaired) electrons. The van der Waals surface area contributed by atoms with Crippen LogP contribution in [0.15, 0.2) is 59.5 Å². The smallest absolute Gasteiger partial charge is 0.192 e. The first-order valence-electron chi connectivity index (χ1n) is 21.4. The molecule has 326 valence electrons. The Morgan fingerprint density at radius 2 is 1.51 bits per heavy atom. The van der Waals surface area contributed by atoms with Crippen molar-refractivity contribution in [1.82, 2.24) is 0 Å². The van der Waals surface area contributed by atoms with Gasteiger partial charge in [0.15, 0.2) is 26.5 Å². The van der Waals surface area contributed by atoms with Crippen LogP contribution in [0.2, 0.25) is 36.3 Å². The fourth-order valence-corrected chi connectivity index (χ4v) is 12.1. The van der Waals surface area contributed by atoms with Crippen molar-refractivity contribution < 1.29 is 41.3 Å². The zero-order valence-corrected chi connectivity index (χ0v) is 40.3. The van der Waals surface area contributed by atoms with Crippen LogP contribution in [0.3, 0.4) is 0 Å². The molecule has 0 saturated carbocycles. The Kier molecular flexibility index (Phi) is 16.7. The Morgan fingerprint density at radius 1 is 0.877 bits per heavy atom. The first-order chi connectivity index (χ1) is 26.4. The maximum absolute atomic E-state index is 14.1. The number of benzene rings is 1. The van der Waals surface area contributed by atoms with Gasteiger partial charge in [-0.1, -0.05) is 79.8 Å². The molecule has 3 aliphatic heterocycles. The van der Waals surface area contributed by atoms with E-state index in [-0.39, 0.29) is 58.9 Å². The molecular weight excluding hydrogens is 773 g/mol. The lowest BCUT2D eigenvalue weighted by molar-refractivity contribution is -0.0782. The van der Waals surface area contributed by atoms with Crippen LogP contribution < -0.4 is 0 Å². The van der Waals surface area contributed by atoms with Crippen LogP contribution in [-0.4, -0.2) is 105 Å². The predicted octanol–water partition coefficient (Wildman–Crippen LogP) is 9.67. The molecule has 0 amide bonds. The molecule has 0 aromatic heterocycles. The van der Waals surface area contributed by atoms with Gasteiger partial charge >= 0.3 is 0 Å². The van der Waals surface area contributed by atoms with Crippen molar-refractivity contribution in [2.75, 3.05) is 26.1 Å². The van der Waals surface area contributed by atoms with Crippen molar-refractivity contribution in [2.24, 2.45) is 11.8 Å². The molecule has 0 bridgehead atoms. The summed E-state index contributed by atoms with van der Waals surface area (Å²) in [6.07, 6.45) is 4.12. The van der Waals surface area contributed by atoms with Crippen LogP contribution in [0, 0.1) is 11.8 Å². The molecular formula is C45H78O9SSi2. The first-order valence-corrected chi connectivity index (χ1v) is 28.9. The molecule has 0 aliphatic carbocycles. The van der Waals surface area contributed by atoms with Gasteiger partial charge in [-0.15, -0.1) is 0 Å². The molecule has 9 nitrogen and oxygen atoms in total. The van der Waals surface area contributed by atoms with Crippen molar-refractivity contribution in [2.45, 2.75) is 190 Å². The highest BCUT2D eigenvalue weighted by atomic mass is 32.2. The number of rotatable bonds is 19. The number of methoxy groups -OCH3 is 1. The van der Waals surface area contributed by atoms with Gasteiger partial charge in [0.1, 0.15) is 0 Å². The minimum atomic E-state index is -3.68. The van der Waals surface area contributed by atoms with E-state index in [1.165, 1.54) is 0 Å². The third kappa shape index (κ3) is 12.7. The second kappa shape index (κ2) is 19.7. The summed E-state index contributed by atoms with van der Waals surface area (Å²) in [5.74, 6) is -0.324. The molecule has 1 N–H and O–H groups in total. The summed E-state index contributed by atoms with van der Waals surface area (Å²) in [6.45, 7) is 34.2. The Hall–Kier alpha value is -1.20. The van der Waals surface area contributed by atoms with Crippen LogP contribution >= 0.6 is 0 Å². The lowest BCUT2D eigenvalue weighted by atomic mass is 9.83. The van der Waals surface area contributed by atoms with Gasteiger partial charge in [-0.3, -0.25) is 0 Å². The van der Waals surface area contributed by atoms with E-state index in [9.17, 15) is 13.5 Å². The van der Waals surface area contributed by atoms with E-state index in [0.29, 0.717) is 24.3 Å². The van der Waals surface area contributed by atoms with Crippen molar-refractivity contribution in [3.05, 3.63) is 54.6 Å². The molecule has 10 atom stereocenters. The minimum Gasteiger partial charge on any atom is -0.414 e. The monoisotopic (exact) mass is 850 g/mol. The number of aliphatic hydroxyl groups is 1. The van der Waals surface area contributed by atoms with E-state index < -0.39 is 50.7 Å². The van der Waals surface area contributed by atoms with Gasteiger partial charge in [-0.05, 0) is 104 Å². The van der Waals surface area contributed by atoms with E-state index in [2.05, 4.69) is 87.8 Å². The van der Waals surface area contributed by atoms with Crippen molar-refractivity contribution in [1.29, 1.82) is 0 Å². The normalized spacial score (nSPS) is 29.9. The molecule has 4 unspecified atom stereocenters. The van der Waals surface area contributed by atoms with E-state index in [1.807, 2.05) is 6.07 Å². The Balaban J connectivity index is 1.59. The van der Waals surface area contributed by atoms with E-state index in [4.69, 9.17) is 27.8 Å². The summed E-state index contributed by atoms with van der Waals surface area (Å²) in [5, 5.41) is 9.32. The van der Waals surface area contributed by atoms with Crippen LogP contribution in [-0.2, 0) is 37.6 Å². The van der Waals surface area contributed by atoms with Crippen LogP contribution in [0.25, 0.3) is 0 Å². The number of ether oxygens (including phenoxy) is 4. The highest BCUT2D eigenvalue weighted by Crippen LogP contribution is 2.44. The molecule has 3 fully saturated rings. The van der Waals surface area contributed by atoms with Crippen molar-refractivity contribution >= 4 is 26.5 Å². The molecule has 1 aromatic carbocycles. The third-order valence-corrected chi connectivity index (χ3v) is 24.7. The van der Waals surface area contributed by atoms with E-state index in [0.717, 1.165) is 49.7 Å². The molecule has 1 aromatic rings. The fraction of sp³-hybridized carbons (Fsp3) is 0.778. The number of hydrogen-bond acceptors (Lipinski definition) is 9. The summed E-state index contributed by atoms with van der Waals surface area (Å²) in [4.78, 5) is 0.297. The molecule has 4 rings (SSSR count). The molecule has 57 heavy (non-hydrogen) atoms. The maximum Gasteiger partial charge on any atom is 0.192 e. The van der Waals surface area contributed by atoms with Crippen molar-refractivity contribution in [3.8, 4) is 0 Å². The largest absolute Gasteiger partial charge is 0.414 e. The molecule has 0 spiro atoms. The average molecular weight is 851 g/mol. The summed E-state index contributed by atoms with van der Waals surface area (Å²) in [5.41, 5.74) is 2.14.